The van der Waals surface area contributed by atoms with E-state index in [-0.39, 0.29) is 0 Å². The molecule has 0 rings (SSSR count). The summed E-state index contributed by atoms with van der Waals surface area (Å²) in [5.74, 6) is -65.2. The van der Waals surface area contributed by atoms with E-state index in [4.69, 9.17) is 0 Å². The lowest BCUT2D eigenvalue weighted by Crippen LogP contribution is -2.76. The van der Waals surface area contributed by atoms with Gasteiger partial charge in [-0.1, -0.05) is 6.92 Å². The van der Waals surface area contributed by atoms with Crippen LogP contribution in [0.5, 0.6) is 0 Å². The molecule has 0 spiro atoms. The minimum Gasteiger partial charge on any atom is -0.469 e. The van der Waals surface area contributed by atoms with Gasteiger partial charge >= 0.3 is 59.7 Å². The van der Waals surface area contributed by atoms with Crippen LogP contribution in [0.1, 0.15) is 34.1 Å². The molecule has 0 bridgehead atoms. The maximum absolute atomic E-state index is 14.8. The molecule has 0 heterocycles. The Balaban J connectivity index is 7.18. The Bertz CT molecular complexity index is 1050. The Kier molecular flexibility index (Phi) is 10.9. The van der Waals surface area contributed by atoms with Crippen molar-refractivity contribution in [3.63, 3.8) is 0 Å². The van der Waals surface area contributed by atoms with Crippen molar-refractivity contribution in [1.82, 2.24) is 5.32 Å². The van der Waals surface area contributed by atoms with Gasteiger partial charge in [0, 0.05) is 6.42 Å². The summed E-state index contributed by atoms with van der Waals surface area (Å²) in [7, 11) is 0.614. The third-order valence-electron chi connectivity index (χ3n) is 5.20. The first-order chi connectivity index (χ1) is 18.5. The summed E-state index contributed by atoms with van der Waals surface area (Å²) in [6.07, 6.45) is -12.1. The monoisotopic (exact) mass is 677 g/mol. The summed E-state index contributed by atoms with van der Waals surface area (Å²) in [6.45, 7) is 3.48. The van der Waals surface area contributed by atoms with Crippen LogP contribution in [0.3, 0.4) is 0 Å². The van der Waals surface area contributed by atoms with Gasteiger partial charge in [0.15, 0.2) is 11.8 Å². The summed E-state index contributed by atoms with van der Waals surface area (Å²) in [5, 5.41) is 0.543. The average Bonchev–Trinajstić information content (AvgIpc) is 2.78. The van der Waals surface area contributed by atoms with E-state index in [9.17, 15) is 89.0 Å². The predicted molar refractivity (Wildman–Crippen MR) is 105 cm³/mol. The summed E-state index contributed by atoms with van der Waals surface area (Å²) >= 11 is 0. The molecular weight excluding hydrogens is 657 g/mol. The van der Waals surface area contributed by atoms with Crippen molar-refractivity contribution >= 4 is 17.8 Å². The van der Waals surface area contributed by atoms with Crippen molar-refractivity contribution in [3.8, 4) is 0 Å². The molecule has 1 unspecified atom stereocenters. The quantitative estimate of drug-likeness (QED) is 0.185. The molecular formula is C20H20F17NO5. The Labute approximate surface area is 229 Å². The molecule has 23 heteroatoms. The highest BCUT2D eigenvalue weighted by molar-refractivity contribution is 5.91. The average molecular weight is 677 g/mol. The van der Waals surface area contributed by atoms with E-state index in [1.54, 1.807) is 0 Å². The first kappa shape index (κ1) is 40.2. The van der Waals surface area contributed by atoms with Crippen LogP contribution in [0.25, 0.3) is 0 Å². The van der Waals surface area contributed by atoms with Crippen molar-refractivity contribution < 1.29 is 98.5 Å². The number of esters is 1. The molecule has 6 nitrogen and oxygen atoms in total. The maximum atomic E-state index is 14.8. The summed E-state index contributed by atoms with van der Waals surface area (Å²) in [6, 6.07) is -4.56. The SMILES string of the molecule is COC(=O)[C@H](C)CC(=O)C(NC(=O)OC(C)(C)C)C(F)(F)C(F)(F)C(F)(F)C(F)(F)C(F)(F)C(F)(F)C(F)(F)C(F)(F)F. The minimum absolute atomic E-state index is 0.543. The molecule has 43 heavy (non-hydrogen) atoms. The van der Waals surface area contributed by atoms with Crippen LogP contribution in [-0.4, -0.2) is 84.2 Å². The number of alkyl carbamates (subject to hydrolysis) is 1. The Morgan fingerprint density at radius 3 is 1.30 bits per heavy atom. The molecule has 0 aromatic carbocycles. The number of halogens is 17. The van der Waals surface area contributed by atoms with Crippen LogP contribution in [-0.2, 0) is 19.1 Å². The lowest BCUT2D eigenvalue weighted by atomic mass is 9.85. The molecule has 0 radical (unpaired) electrons. The summed E-state index contributed by atoms with van der Waals surface area (Å²) in [4.78, 5) is 35.6. The number of alkyl halides is 17. The van der Waals surface area contributed by atoms with E-state index in [2.05, 4.69) is 9.47 Å². The lowest BCUT2D eigenvalue weighted by molar-refractivity contribution is -0.462. The van der Waals surface area contributed by atoms with Gasteiger partial charge in [-0.3, -0.25) is 9.59 Å². The zero-order valence-electron chi connectivity index (χ0n) is 21.8. The Morgan fingerprint density at radius 1 is 0.628 bits per heavy atom. The summed E-state index contributed by atoms with van der Waals surface area (Å²) < 4.78 is 240. The van der Waals surface area contributed by atoms with E-state index in [0.29, 0.717) is 19.4 Å². The van der Waals surface area contributed by atoms with Gasteiger partial charge in [0.2, 0.25) is 0 Å². The van der Waals surface area contributed by atoms with Crippen molar-refractivity contribution in [3.05, 3.63) is 0 Å². The van der Waals surface area contributed by atoms with E-state index >= 15 is 0 Å². The van der Waals surface area contributed by atoms with Crippen LogP contribution in [0.15, 0.2) is 0 Å². The molecule has 0 aromatic heterocycles. The maximum Gasteiger partial charge on any atom is 0.460 e. The fourth-order valence-electron chi connectivity index (χ4n) is 2.86. The van der Waals surface area contributed by atoms with Crippen molar-refractivity contribution in [2.75, 3.05) is 7.11 Å². The van der Waals surface area contributed by atoms with Crippen LogP contribution in [0, 0.1) is 5.92 Å². The highest BCUT2D eigenvalue weighted by atomic mass is 19.4. The van der Waals surface area contributed by atoms with Crippen LogP contribution in [0.2, 0.25) is 0 Å². The molecule has 0 saturated heterocycles. The molecule has 0 fully saturated rings. The molecule has 0 aromatic rings. The zero-order chi connectivity index (χ0) is 35.2. The number of hydrogen-bond acceptors (Lipinski definition) is 5. The second kappa shape index (κ2) is 11.6. The number of ketones is 1. The van der Waals surface area contributed by atoms with Gasteiger partial charge in [-0.25, -0.2) is 4.79 Å². The van der Waals surface area contributed by atoms with Crippen molar-refractivity contribution in [2.24, 2.45) is 5.92 Å². The number of methoxy groups -OCH3 is 1. The van der Waals surface area contributed by atoms with Crippen molar-refractivity contribution in [1.29, 1.82) is 0 Å². The number of rotatable bonds is 12. The first-order valence-electron chi connectivity index (χ1n) is 10.8. The normalized spacial score (nSPS) is 16.3. The Morgan fingerprint density at radius 2 is 0.977 bits per heavy atom. The van der Waals surface area contributed by atoms with Gasteiger partial charge in [0.1, 0.15) is 5.60 Å². The van der Waals surface area contributed by atoms with Gasteiger partial charge < -0.3 is 14.8 Å². The molecule has 0 aliphatic rings. The number of ether oxygens (including phenoxy) is 2. The van der Waals surface area contributed by atoms with Gasteiger partial charge in [0.25, 0.3) is 0 Å². The Hall–Kier alpha value is -2.78. The minimum atomic E-state index is -8.88. The van der Waals surface area contributed by atoms with Gasteiger partial charge in [-0.15, -0.1) is 0 Å². The van der Waals surface area contributed by atoms with E-state index in [1.165, 1.54) is 0 Å². The van der Waals surface area contributed by atoms with E-state index in [1.807, 2.05) is 0 Å². The fraction of sp³-hybridized carbons (Fsp3) is 0.850. The number of carbonyl (C=O) groups is 3. The molecule has 0 aliphatic heterocycles. The second-order valence-corrected chi connectivity index (χ2v) is 9.74. The van der Waals surface area contributed by atoms with E-state index in [0.717, 1.165) is 20.8 Å². The number of Topliss-reactive ketones (excluding diaryl/α,β-unsaturated/α-hetero) is 1. The topological polar surface area (TPSA) is 81.7 Å². The molecule has 254 valence electrons. The molecule has 0 aliphatic carbocycles. The van der Waals surface area contributed by atoms with Crippen molar-refractivity contribution in [2.45, 2.75) is 93.4 Å². The summed E-state index contributed by atoms with van der Waals surface area (Å²) in [5.41, 5.74) is -1.77. The van der Waals surface area contributed by atoms with Gasteiger partial charge in [-0.05, 0) is 20.8 Å². The number of amides is 1. The van der Waals surface area contributed by atoms with Gasteiger partial charge in [-0.2, -0.15) is 74.6 Å². The highest BCUT2D eigenvalue weighted by Gasteiger charge is 2.95. The molecule has 2 atom stereocenters. The first-order valence-corrected chi connectivity index (χ1v) is 10.8. The molecule has 0 saturated carbocycles. The predicted octanol–water partition coefficient (Wildman–Crippen LogP) is 6.66. The number of carbonyl (C=O) groups excluding carboxylic acids is 3. The largest absolute Gasteiger partial charge is 0.469 e. The van der Waals surface area contributed by atoms with Crippen LogP contribution in [0.4, 0.5) is 79.4 Å². The van der Waals surface area contributed by atoms with Crippen LogP contribution < -0.4 is 5.32 Å². The highest BCUT2D eigenvalue weighted by Crippen LogP contribution is 2.64. The van der Waals surface area contributed by atoms with E-state index < -0.39 is 89.5 Å². The molecule has 1 amide bonds. The number of hydrogen-bond donors (Lipinski definition) is 1. The molecule has 1 N–H and O–H groups in total. The fourth-order valence-corrected chi connectivity index (χ4v) is 2.86. The third-order valence-corrected chi connectivity index (χ3v) is 5.20. The van der Waals surface area contributed by atoms with Crippen LogP contribution >= 0.6 is 0 Å². The second-order valence-electron chi connectivity index (χ2n) is 9.74. The smallest absolute Gasteiger partial charge is 0.460 e. The zero-order valence-corrected chi connectivity index (χ0v) is 21.8. The van der Waals surface area contributed by atoms with Gasteiger partial charge in [0.05, 0.1) is 13.0 Å². The standard InChI is InChI=1S/C20H20F17NO5/c1-7(10(40)42-5)6-8(39)9(38-11(41)43-12(2,3)4)13(21,22)14(23,24)15(25,26)16(27,28)17(29,30)18(31,32)19(33,34)20(35,36)37/h7,9H,6H2,1-5H3,(H,38,41)/t7-,9?/m1/s1. The lowest BCUT2D eigenvalue weighted by Gasteiger charge is -2.43. The third kappa shape index (κ3) is 6.83. The number of nitrogens with one attached hydrogen (secondary N) is 1.